The quantitative estimate of drug-likeness (QED) is 0.499. The zero-order chi connectivity index (χ0) is 19.4. The van der Waals surface area contributed by atoms with Crippen LogP contribution in [0.25, 0.3) is 0 Å². The van der Waals surface area contributed by atoms with Crippen molar-refractivity contribution in [1.82, 2.24) is 24.6 Å². The SMILES string of the molecule is CN(C)C(=O)CN=C(NC1CC1)N1CCN(S(=O)(=O)Cc2ccon2)CC1. The third-order valence-corrected chi connectivity index (χ3v) is 6.34. The molecule has 1 saturated carbocycles. The van der Waals surface area contributed by atoms with Gasteiger partial charge >= 0.3 is 0 Å². The molecule has 0 bridgehead atoms. The highest BCUT2D eigenvalue weighted by Crippen LogP contribution is 2.20. The Kier molecular flexibility index (Phi) is 6.00. The topological polar surface area (TPSA) is 111 Å². The van der Waals surface area contributed by atoms with Crippen molar-refractivity contribution in [3.05, 3.63) is 18.0 Å². The fourth-order valence-electron chi connectivity index (χ4n) is 2.70. The number of rotatable bonds is 6. The highest BCUT2D eigenvalue weighted by atomic mass is 32.2. The van der Waals surface area contributed by atoms with Crippen molar-refractivity contribution in [2.45, 2.75) is 24.6 Å². The molecule has 0 atom stereocenters. The van der Waals surface area contributed by atoms with Gasteiger partial charge in [-0.15, -0.1) is 0 Å². The second-order valence-corrected chi connectivity index (χ2v) is 8.95. The Balaban J connectivity index is 1.59. The molecule has 0 spiro atoms. The van der Waals surface area contributed by atoms with Gasteiger partial charge in [-0.3, -0.25) is 4.79 Å². The number of nitrogens with one attached hydrogen (secondary N) is 1. The van der Waals surface area contributed by atoms with Crippen molar-refractivity contribution >= 4 is 21.9 Å². The maximum Gasteiger partial charge on any atom is 0.243 e. The molecule has 1 aromatic rings. The summed E-state index contributed by atoms with van der Waals surface area (Å²) in [4.78, 5) is 19.8. The van der Waals surface area contributed by atoms with Crippen LogP contribution in [0.15, 0.2) is 21.8 Å². The maximum absolute atomic E-state index is 12.5. The Morgan fingerprint density at radius 3 is 2.59 bits per heavy atom. The lowest BCUT2D eigenvalue weighted by molar-refractivity contribution is -0.127. The monoisotopic (exact) mass is 398 g/mol. The summed E-state index contributed by atoms with van der Waals surface area (Å²) >= 11 is 0. The molecule has 10 nitrogen and oxygen atoms in total. The van der Waals surface area contributed by atoms with Gasteiger partial charge in [0.2, 0.25) is 15.9 Å². The largest absolute Gasteiger partial charge is 0.364 e. The first-order valence-corrected chi connectivity index (χ1v) is 10.6. The van der Waals surface area contributed by atoms with Crippen molar-refractivity contribution in [1.29, 1.82) is 0 Å². The molecular weight excluding hydrogens is 372 g/mol. The van der Waals surface area contributed by atoms with Gasteiger partial charge in [0.05, 0.1) is 5.69 Å². The molecule has 2 heterocycles. The molecule has 1 aliphatic heterocycles. The Morgan fingerprint density at radius 2 is 2.04 bits per heavy atom. The second kappa shape index (κ2) is 8.26. The molecule has 1 saturated heterocycles. The number of aliphatic imine (C=N–C) groups is 1. The number of amides is 1. The minimum atomic E-state index is -3.44. The molecular formula is C16H26N6O4S. The highest BCUT2D eigenvalue weighted by Gasteiger charge is 2.31. The molecule has 1 N–H and O–H groups in total. The van der Waals surface area contributed by atoms with E-state index in [9.17, 15) is 13.2 Å². The van der Waals surface area contributed by atoms with Gasteiger partial charge in [-0.25, -0.2) is 13.4 Å². The molecule has 1 aliphatic carbocycles. The summed E-state index contributed by atoms with van der Waals surface area (Å²) in [5.74, 6) is 0.447. The van der Waals surface area contributed by atoms with Crippen LogP contribution in [0.4, 0.5) is 0 Å². The number of carbonyl (C=O) groups is 1. The molecule has 27 heavy (non-hydrogen) atoms. The van der Waals surface area contributed by atoms with Crippen LogP contribution in [-0.2, 0) is 20.6 Å². The zero-order valence-corrected chi connectivity index (χ0v) is 16.5. The minimum absolute atomic E-state index is 0.0704. The number of hydrogen-bond donors (Lipinski definition) is 1. The van der Waals surface area contributed by atoms with E-state index in [1.54, 1.807) is 20.2 Å². The van der Waals surface area contributed by atoms with Crippen molar-refractivity contribution in [2.24, 2.45) is 4.99 Å². The van der Waals surface area contributed by atoms with Gasteiger partial charge in [0.1, 0.15) is 18.6 Å². The number of nitrogens with zero attached hydrogens (tertiary/aromatic N) is 5. The average Bonchev–Trinajstić information content (AvgIpc) is 3.32. The number of likely N-dealkylation sites (N-methyl/N-ethyl adjacent to an activating group) is 1. The van der Waals surface area contributed by atoms with Crippen molar-refractivity contribution in [3.8, 4) is 0 Å². The fourth-order valence-corrected chi connectivity index (χ4v) is 4.12. The predicted molar refractivity (Wildman–Crippen MR) is 99.4 cm³/mol. The van der Waals surface area contributed by atoms with Gasteiger partial charge in [0.15, 0.2) is 5.96 Å². The van der Waals surface area contributed by atoms with E-state index < -0.39 is 10.0 Å². The summed E-state index contributed by atoms with van der Waals surface area (Å²) in [5.41, 5.74) is 0.400. The van der Waals surface area contributed by atoms with E-state index in [1.807, 2.05) is 4.90 Å². The lowest BCUT2D eigenvalue weighted by Gasteiger charge is -2.36. The normalized spacial score (nSPS) is 19.2. The van der Waals surface area contributed by atoms with Crippen LogP contribution >= 0.6 is 0 Å². The van der Waals surface area contributed by atoms with Crippen LogP contribution in [0.5, 0.6) is 0 Å². The van der Waals surface area contributed by atoms with Crippen LogP contribution in [0.3, 0.4) is 0 Å². The zero-order valence-electron chi connectivity index (χ0n) is 15.7. The Morgan fingerprint density at radius 1 is 1.33 bits per heavy atom. The highest BCUT2D eigenvalue weighted by molar-refractivity contribution is 7.88. The molecule has 3 rings (SSSR count). The molecule has 0 radical (unpaired) electrons. The van der Waals surface area contributed by atoms with E-state index in [2.05, 4.69) is 15.5 Å². The average molecular weight is 398 g/mol. The lowest BCUT2D eigenvalue weighted by Crippen LogP contribution is -2.54. The van der Waals surface area contributed by atoms with Gasteiger partial charge < -0.3 is 19.6 Å². The van der Waals surface area contributed by atoms with Gasteiger partial charge in [0, 0.05) is 52.4 Å². The molecule has 1 aromatic heterocycles. The van der Waals surface area contributed by atoms with E-state index in [4.69, 9.17) is 4.52 Å². The Labute approximate surface area is 159 Å². The minimum Gasteiger partial charge on any atom is -0.364 e. The summed E-state index contributed by atoms with van der Waals surface area (Å²) < 4.78 is 31.2. The first kappa shape index (κ1) is 19.6. The third-order valence-electron chi connectivity index (χ3n) is 4.53. The molecule has 1 amide bonds. The molecule has 0 unspecified atom stereocenters. The van der Waals surface area contributed by atoms with Crippen LogP contribution in [0, 0.1) is 0 Å². The summed E-state index contributed by atoms with van der Waals surface area (Å²) in [6.07, 6.45) is 3.55. The van der Waals surface area contributed by atoms with E-state index in [0.29, 0.717) is 43.9 Å². The number of aromatic nitrogens is 1. The van der Waals surface area contributed by atoms with Crippen LogP contribution in [-0.4, -0.2) is 92.4 Å². The molecule has 2 aliphatic rings. The summed E-state index contributed by atoms with van der Waals surface area (Å²) in [6.45, 7) is 1.85. The molecule has 0 aromatic carbocycles. The van der Waals surface area contributed by atoms with Crippen LogP contribution < -0.4 is 5.32 Å². The molecule has 2 fully saturated rings. The molecule has 150 valence electrons. The Hall–Kier alpha value is -2.14. The summed E-state index contributed by atoms with van der Waals surface area (Å²) in [5, 5.41) is 7.04. The van der Waals surface area contributed by atoms with E-state index in [0.717, 1.165) is 12.8 Å². The number of piperazine rings is 1. The van der Waals surface area contributed by atoms with Gasteiger partial charge in [0.25, 0.3) is 0 Å². The smallest absolute Gasteiger partial charge is 0.243 e. The lowest BCUT2D eigenvalue weighted by atomic mass is 10.4. The van der Waals surface area contributed by atoms with Gasteiger partial charge in [-0.2, -0.15) is 4.31 Å². The standard InChI is InChI=1S/C16H26N6O4S/c1-20(2)15(23)11-17-16(18-13-3-4-13)21-6-8-22(9-7-21)27(24,25)12-14-5-10-26-19-14/h5,10,13H,3-4,6-9,11-12H2,1-2H3,(H,17,18). The summed E-state index contributed by atoms with van der Waals surface area (Å²) in [7, 11) is -0.0425. The first-order valence-electron chi connectivity index (χ1n) is 8.98. The third kappa shape index (κ3) is 5.42. The molecule has 11 heteroatoms. The van der Waals surface area contributed by atoms with Gasteiger partial charge in [-0.1, -0.05) is 5.16 Å². The first-order chi connectivity index (χ1) is 12.8. The second-order valence-electron chi connectivity index (χ2n) is 6.98. The van der Waals surface area contributed by atoms with Crippen molar-refractivity contribution < 1.29 is 17.7 Å². The number of carbonyl (C=O) groups excluding carboxylic acids is 1. The maximum atomic E-state index is 12.5. The summed E-state index contributed by atoms with van der Waals surface area (Å²) in [6, 6.07) is 1.95. The Bertz CT molecular complexity index is 765. The number of hydrogen-bond acceptors (Lipinski definition) is 6. The van der Waals surface area contributed by atoms with E-state index >= 15 is 0 Å². The number of guanidine groups is 1. The number of sulfonamides is 1. The van der Waals surface area contributed by atoms with E-state index in [1.165, 1.54) is 15.5 Å². The van der Waals surface area contributed by atoms with Crippen molar-refractivity contribution in [2.75, 3.05) is 46.8 Å². The van der Waals surface area contributed by atoms with Crippen LogP contribution in [0.1, 0.15) is 18.5 Å². The van der Waals surface area contributed by atoms with Gasteiger partial charge in [-0.05, 0) is 12.8 Å². The van der Waals surface area contributed by atoms with Crippen LogP contribution in [0.2, 0.25) is 0 Å². The van der Waals surface area contributed by atoms with E-state index in [-0.39, 0.29) is 18.2 Å². The predicted octanol–water partition coefficient (Wildman–Crippen LogP) is -0.682. The fraction of sp³-hybridized carbons (Fsp3) is 0.688. The van der Waals surface area contributed by atoms with Crippen molar-refractivity contribution in [3.63, 3.8) is 0 Å².